The molecule has 0 saturated heterocycles. The van der Waals surface area contributed by atoms with Gasteiger partial charge in [0.05, 0.1) is 5.69 Å². The Morgan fingerprint density at radius 2 is 1.38 bits per heavy atom. The van der Waals surface area contributed by atoms with Gasteiger partial charge in [-0.05, 0) is 123 Å². The lowest BCUT2D eigenvalue weighted by molar-refractivity contribution is -0.130. The molecule has 69 heavy (non-hydrogen) atoms. The standard InChI is InChI=1S/C55H64N6O6S2/c1-35(57-50(63)47(59-53(65)67-54(2,3)4)34-69-32-38-19-13-8-14-20-38)49(62)58-46(33-68-31-37-17-11-7-12-18-37)51(64)61-52-56-29-40-28-45-44-23-21-39-27-41(66-30-36-15-9-6-10-16-36)22-24-42(39)43(44)25-26-55(45,5)48(40)60-52/h6-20,22,24,27,29,35,43-47H,21,23,25-26,28,30-34H2,1-5H3,(H,57,63)(H,58,62)(H,59,65)(H,56,60,61,64)/t35-,43+,44+,45-,46-,47-,55-/m0/s1. The number of thioether (sulfide) groups is 2. The summed E-state index contributed by atoms with van der Waals surface area (Å²) in [7, 11) is 0. The molecular weight excluding hydrogens is 905 g/mol. The third kappa shape index (κ3) is 12.7. The summed E-state index contributed by atoms with van der Waals surface area (Å²) in [5.74, 6) is 2.65. The second kappa shape index (κ2) is 22.3. The van der Waals surface area contributed by atoms with Gasteiger partial charge < -0.3 is 25.4 Å². The molecule has 4 N–H and O–H groups in total. The summed E-state index contributed by atoms with van der Waals surface area (Å²) in [5.41, 5.74) is 7.32. The van der Waals surface area contributed by atoms with E-state index in [2.05, 4.69) is 63.5 Å². The molecule has 12 nitrogen and oxygen atoms in total. The van der Waals surface area contributed by atoms with E-state index in [1.54, 1.807) is 27.7 Å². The molecule has 3 aliphatic rings. The second-order valence-corrected chi connectivity index (χ2v) is 21.8. The van der Waals surface area contributed by atoms with Crippen molar-refractivity contribution in [1.82, 2.24) is 25.9 Å². The fraction of sp³-hybridized carbons (Fsp3) is 0.418. The molecule has 1 fully saturated rings. The summed E-state index contributed by atoms with van der Waals surface area (Å²) in [5, 5.41) is 11.3. The predicted molar refractivity (Wildman–Crippen MR) is 274 cm³/mol. The summed E-state index contributed by atoms with van der Waals surface area (Å²) in [6, 6.07) is 33.6. The normalized spacial score (nSPS) is 20.3. The Bertz CT molecular complexity index is 2580. The molecule has 0 unspecified atom stereocenters. The average Bonchev–Trinajstić information content (AvgIpc) is 3.64. The molecule has 4 aromatic carbocycles. The summed E-state index contributed by atoms with van der Waals surface area (Å²) in [4.78, 5) is 64.4. The number of nitrogens with zero attached hydrogens (tertiary/aromatic N) is 2. The highest BCUT2D eigenvalue weighted by Crippen LogP contribution is 2.59. The number of nitrogens with one attached hydrogen (secondary N) is 4. The number of ether oxygens (including phenoxy) is 2. The van der Waals surface area contributed by atoms with Crippen LogP contribution in [0.1, 0.15) is 98.9 Å². The van der Waals surface area contributed by atoms with Crippen LogP contribution in [0.4, 0.5) is 10.7 Å². The first-order valence-corrected chi connectivity index (χ1v) is 26.3. The Hall–Kier alpha value is -5.86. The van der Waals surface area contributed by atoms with E-state index in [4.69, 9.17) is 14.5 Å². The number of benzene rings is 4. The van der Waals surface area contributed by atoms with Gasteiger partial charge in [-0.25, -0.2) is 14.8 Å². The highest BCUT2D eigenvalue weighted by molar-refractivity contribution is 7.98. The van der Waals surface area contributed by atoms with E-state index in [1.165, 1.54) is 34.7 Å². The third-order valence-corrected chi connectivity index (χ3v) is 15.8. The zero-order valence-electron chi connectivity index (χ0n) is 40.2. The predicted octanol–water partition coefficient (Wildman–Crippen LogP) is 9.31. The maximum Gasteiger partial charge on any atom is 0.408 e. The van der Waals surface area contributed by atoms with E-state index in [9.17, 15) is 19.2 Å². The van der Waals surface area contributed by atoms with Crippen LogP contribution in [-0.2, 0) is 55.5 Å². The van der Waals surface area contributed by atoms with Crippen LogP contribution in [0, 0.1) is 11.8 Å². The minimum atomic E-state index is -1.04. The molecule has 1 heterocycles. The minimum absolute atomic E-state index is 0.168. The van der Waals surface area contributed by atoms with Crippen molar-refractivity contribution in [3.8, 4) is 5.75 Å². The molecule has 7 atom stereocenters. The van der Waals surface area contributed by atoms with Crippen molar-refractivity contribution in [2.24, 2.45) is 11.8 Å². The van der Waals surface area contributed by atoms with Crippen molar-refractivity contribution in [2.75, 3.05) is 16.8 Å². The summed E-state index contributed by atoms with van der Waals surface area (Å²) < 4.78 is 11.7. The van der Waals surface area contributed by atoms with Crippen molar-refractivity contribution in [1.29, 1.82) is 0 Å². The molecular formula is C55H64N6O6S2. The van der Waals surface area contributed by atoms with E-state index in [0.29, 0.717) is 35.9 Å². The van der Waals surface area contributed by atoms with E-state index in [0.717, 1.165) is 65.8 Å². The quantitative estimate of drug-likeness (QED) is 0.0667. The highest BCUT2D eigenvalue weighted by atomic mass is 32.2. The molecule has 14 heteroatoms. The SMILES string of the molecule is C[C@H](NC(=O)[C@H](CSCc1ccccc1)NC(=O)OC(C)(C)C)C(=O)N[C@@H](CSCc1ccccc1)C(=O)Nc1ncc2c(n1)[C@@]1(C)CC[C@@H]3c4ccc(OCc5ccccc5)cc4CC[C@H]3[C@@H]1C2. The Labute approximate surface area is 414 Å². The Kier molecular flexibility index (Phi) is 16.0. The maximum absolute atomic E-state index is 14.2. The number of hydrogen-bond donors (Lipinski definition) is 4. The summed E-state index contributed by atoms with van der Waals surface area (Å²) >= 11 is 2.99. The number of anilines is 1. The molecule has 0 spiro atoms. The number of carbonyl (C=O) groups excluding carboxylic acids is 4. The fourth-order valence-corrected chi connectivity index (χ4v) is 12.2. The monoisotopic (exact) mass is 968 g/mol. The van der Waals surface area contributed by atoms with Crippen LogP contribution in [0.15, 0.2) is 115 Å². The van der Waals surface area contributed by atoms with Gasteiger partial charge in [0.15, 0.2) is 0 Å². The smallest absolute Gasteiger partial charge is 0.408 e. The van der Waals surface area contributed by atoms with Crippen LogP contribution in [-0.4, -0.2) is 69.0 Å². The van der Waals surface area contributed by atoms with Crippen molar-refractivity contribution in [2.45, 2.75) is 120 Å². The molecule has 8 rings (SSSR count). The van der Waals surface area contributed by atoms with Gasteiger partial charge in [-0.15, -0.1) is 0 Å². The Balaban J connectivity index is 0.919. The first-order chi connectivity index (χ1) is 33.2. The maximum atomic E-state index is 14.2. The van der Waals surface area contributed by atoms with Crippen LogP contribution >= 0.6 is 23.5 Å². The van der Waals surface area contributed by atoms with Gasteiger partial charge in [-0.2, -0.15) is 23.5 Å². The molecule has 5 aromatic rings. The van der Waals surface area contributed by atoms with Crippen LogP contribution in [0.5, 0.6) is 5.75 Å². The lowest BCUT2D eigenvalue weighted by Crippen LogP contribution is -2.56. The molecule has 0 bridgehead atoms. The number of alkyl carbamates (subject to hydrolysis) is 1. The third-order valence-electron chi connectivity index (χ3n) is 13.6. The van der Waals surface area contributed by atoms with Crippen molar-refractivity contribution in [3.63, 3.8) is 0 Å². The topological polar surface area (TPSA) is 161 Å². The molecule has 3 aliphatic carbocycles. The first kappa shape index (κ1) is 49.6. The van der Waals surface area contributed by atoms with Gasteiger partial charge in [0.2, 0.25) is 23.7 Å². The highest BCUT2D eigenvalue weighted by Gasteiger charge is 2.54. The van der Waals surface area contributed by atoms with E-state index < -0.39 is 47.5 Å². The first-order valence-electron chi connectivity index (χ1n) is 24.0. The zero-order valence-corrected chi connectivity index (χ0v) is 41.8. The number of rotatable bonds is 18. The minimum Gasteiger partial charge on any atom is -0.489 e. The summed E-state index contributed by atoms with van der Waals surface area (Å²) in [6.07, 6.45) is 6.15. The van der Waals surface area contributed by atoms with Gasteiger partial charge in [-0.1, -0.05) is 104 Å². The average molecular weight is 969 g/mol. The Morgan fingerprint density at radius 3 is 2.01 bits per heavy atom. The zero-order chi connectivity index (χ0) is 48.5. The van der Waals surface area contributed by atoms with Crippen molar-refractivity contribution >= 4 is 53.3 Å². The van der Waals surface area contributed by atoms with Crippen LogP contribution < -0.4 is 26.0 Å². The largest absolute Gasteiger partial charge is 0.489 e. The van der Waals surface area contributed by atoms with E-state index >= 15 is 0 Å². The summed E-state index contributed by atoms with van der Waals surface area (Å²) in [6.45, 7) is 9.67. The Morgan fingerprint density at radius 1 is 0.754 bits per heavy atom. The molecule has 1 saturated carbocycles. The van der Waals surface area contributed by atoms with Crippen molar-refractivity contribution < 1.29 is 28.7 Å². The van der Waals surface area contributed by atoms with Crippen LogP contribution in [0.2, 0.25) is 0 Å². The molecule has 4 amide bonds. The molecule has 0 radical (unpaired) electrons. The number of carbonyl (C=O) groups is 4. The fourth-order valence-electron chi connectivity index (χ4n) is 10.2. The van der Waals surface area contributed by atoms with E-state index in [-0.39, 0.29) is 22.9 Å². The number of aryl methyl sites for hydroxylation is 1. The van der Waals surface area contributed by atoms with E-state index in [1.807, 2.05) is 85.1 Å². The molecule has 362 valence electrons. The van der Waals surface area contributed by atoms with Crippen LogP contribution in [0.3, 0.4) is 0 Å². The van der Waals surface area contributed by atoms with Crippen LogP contribution in [0.25, 0.3) is 0 Å². The molecule has 0 aliphatic heterocycles. The van der Waals surface area contributed by atoms with Gasteiger partial charge in [0.25, 0.3) is 0 Å². The lowest BCUT2D eigenvalue weighted by atomic mass is 9.55. The number of amides is 4. The lowest BCUT2D eigenvalue weighted by Gasteiger charge is -2.49. The van der Waals surface area contributed by atoms with Crippen molar-refractivity contribution in [3.05, 3.63) is 154 Å². The molecule has 1 aromatic heterocycles. The number of hydrogen-bond acceptors (Lipinski definition) is 10. The number of aromatic nitrogens is 2. The van der Waals surface area contributed by atoms with Gasteiger partial charge >= 0.3 is 6.09 Å². The second-order valence-electron chi connectivity index (χ2n) is 19.8. The number of fused-ring (bicyclic) bond motifs is 7. The van der Waals surface area contributed by atoms with Gasteiger partial charge in [0.1, 0.15) is 36.1 Å². The van der Waals surface area contributed by atoms with Gasteiger partial charge in [-0.3, -0.25) is 19.7 Å². The van der Waals surface area contributed by atoms with Gasteiger partial charge in [0, 0.05) is 34.6 Å².